The number of fused-ring (bicyclic) bond motifs is 1. The van der Waals surface area contributed by atoms with Crippen molar-refractivity contribution in [2.45, 2.75) is 45.2 Å². The summed E-state index contributed by atoms with van der Waals surface area (Å²) in [5, 5.41) is 3.53. The van der Waals surface area contributed by atoms with Crippen LogP contribution in [0.2, 0.25) is 0 Å². The second kappa shape index (κ2) is 4.31. The summed E-state index contributed by atoms with van der Waals surface area (Å²) in [5.41, 5.74) is 2.47. The van der Waals surface area contributed by atoms with E-state index in [1.54, 1.807) is 12.1 Å². The minimum atomic E-state index is -0.112. The second-order valence-electron chi connectivity index (χ2n) is 4.61. The lowest BCUT2D eigenvalue weighted by molar-refractivity contribution is 0.422. The number of benzene rings is 1. The van der Waals surface area contributed by atoms with Crippen LogP contribution in [0, 0.1) is 5.82 Å². The minimum absolute atomic E-state index is 0.112. The fourth-order valence-corrected chi connectivity index (χ4v) is 2.36. The van der Waals surface area contributed by atoms with E-state index in [0.29, 0.717) is 12.1 Å². The van der Waals surface area contributed by atoms with Crippen molar-refractivity contribution in [3.05, 3.63) is 35.1 Å². The van der Waals surface area contributed by atoms with E-state index in [0.717, 1.165) is 19.3 Å². The van der Waals surface area contributed by atoms with E-state index in [-0.39, 0.29) is 5.82 Å². The highest BCUT2D eigenvalue weighted by Gasteiger charge is 2.20. The van der Waals surface area contributed by atoms with Crippen LogP contribution in [0.1, 0.15) is 43.9 Å². The quantitative estimate of drug-likeness (QED) is 0.785. The number of hydrogen-bond acceptors (Lipinski definition) is 1. The Labute approximate surface area is 90.7 Å². The van der Waals surface area contributed by atoms with Crippen LogP contribution in [0.5, 0.6) is 0 Å². The Balaban J connectivity index is 2.26. The van der Waals surface area contributed by atoms with Gasteiger partial charge in [0.05, 0.1) is 0 Å². The maximum atomic E-state index is 13.1. The fraction of sp³-hybridized carbons (Fsp3) is 0.538. The molecule has 1 atom stereocenters. The molecule has 0 aliphatic heterocycles. The van der Waals surface area contributed by atoms with E-state index < -0.39 is 0 Å². The fourth-order valence-electron chi connectivity index (χ4n) is 2.36. The molecule has 0 heterocycles. The third-order valence-corrected chi connectivity index (χ3v) is 2.95. The van der Waals surface area contributed by atoms with Crippen LogP contribution in [0.15, 0.2) is 18.2 Å². The Kier molecular flexibility index (Phi) is 3.06. The number of hydrogen-bond donors (Lipinski definition) is 1. The third-order valence-electron chi connectivity index (χ3n) is 2.95. The summed E-state index contributed by atoms with van der Waals surface area (Å²) in [6.07, 6.45) is 3.33. The highest BCUT2D eigenvalue weighted by molar-refractivity contribution is 5.32. The maximum Gasteiger partial charge on any atom is 0.123 e. The molecule has 0 radical (unpaired) electrons. The summed E-state index contributed by atoms with van der Waals surface area (Å²) in [5.74, 6) is -0.112. The van der Waals surface area contributed by atoms with Gasteiger partial charge in [-0.05, 0) is 42.5 Å². The van der Waals surface area contributed by atoms with Crippen LogP contribution >= 0.6 is 0 Å². The lowest BCUT2D eigenvalue weighted by atomic mass is 9.87. The van der Waals surface area contributed by atoms with Crippen LogP contribution in [0.4, 0.5) is 4.39 Å². The topological polar surface area (TPSA) is 12.0 Å². The van der Waals surface area contributed by atoms with Gasteiger partial charge in [0.2, 0.25) is 0 Å². The molecule has 0 saturated heterocycles. The summed E-state index contributed by atoms with van der Waals surface area (Å²) in [6.45, 7) is 4.30. The van der Waals surface area contributed by atoms with E-state index in [2.05, 4.69) is 19.2 Å². The molecular formula is C13H18FN. The molecule has 1 aliphatic rings. The van der Waals surface area contributed by atoms with Crippen molar-refractivity contribution in [2.75, 3.05) is 0 Å². The Hall–Kier alpha value is -0.890. The van der Waals surface area contributed by atoms with Crippen molar-refractivity contribution in [1.29, 1.82) is 0 Å². The molecule has 1 nitrogen and oxygen atoms in total. The molecule has 1 N–H and O–H groups in total. The van der Waals surface area contributed by atoms with Gasteiger partial charge in [-0.2, -0.15) is 0 Å². The van der Waals surface area contributed by atoms with Gasteiger partial charge in [0.1, 0.15) is 5.82 Å². The predicted octanol–water partition coefficient (Wildman–Crippen LogP) is 3.20. The molecule has 0 unspecified atom stereocenters. The van der Waals surface area contributed by atoms with Gasteiger partial charge in [0, 0.05) is 12.1 Å². The zero-order chi connectivity index (χ0) is 10.8. The van der Waals surface area contributed by atoms with Gasteiger partial charge in [-0.3, -0.25) is 0 Å². The first-order valence-electron chi connectivity index (χ1n) is 5.71. The number of rotatable bonds is 2. The third kappa shape index (κ3) is 2.37. The molecule has 0 fully saturated rings. The molecule has 0 spiro atoms. The SMILES string of the molecule is CC(C)N[C@@H]1CCCc2cc(F)ccc21. The highest BCUT2D eigenvalue weighted by atomic mass is 19.1. The lowest BCUT2D eigenvalue weighted by Gasteiger charge is -2.28. The average molecular weight is 207 g/mol. The first-order valence-corrected chi connectivity index (χ1v) is 5.71. The first kappa shape index (κ1) is 10.6. The van der Waals surface area contributed by atoms with Gasteiger partial charge >= 0.3 is 0 Å². The Morgan fingerprint density at radius 1 is 1.40 bits per heavy atom. The summed E-state index contributed by atoms with van der Waals surface area (Å²) in [7, 11) is 0. The van der Waals surface area contributed by atoms with E-state index in [4.69, 9.17) is 0 Å². The van der Waals surface area contributed by atoms with Crippen LogP contribution in [-0.4, -0.2) is 6.04 Å². The largest absolute Gasteiger partial charge is 0.308 e. The van der Waals surface area contributed by atoms with Gasteiger partial charge in [-0.25, -0.2) is 4.39 Å². The molecule has 1 aromatic carbocycles. The second-order valence-corrected chi connectivity index (χ2v) is 4.61. The summed E-state index contributed by atoms with van der Waals surface area (Å²) >= 11 is 0. The minimum Gasteiger partial charge on any atom is -0.308 e. The Morgan fingerprint density at radius 2 is 2.20 bits per heavy atom. The molecule has 1 aromatic rings. The number of aryl methyl sites for hydroxylation is 1. The Morgan fingerprint density at radius 3 is 2.93 bits per heavy atom. The molecule has 2 heteroatoms. The van der Waals surface area contributed by atoms with E-state index in [1.165, 1.54) is 11.1 Å². The van der Waals surface area contributed by atoms with Gasteiger partial charge in [0.15, 0.2) is 0 Å². The van der Waals surface area contributed by atoms with Gasteiger partial charge in [-0.1, -0.05) is 19.9 Å². The summed E-state index contributed by atoms with van der Waals surface area (Å²) in [4.78, 5) is 0. The van der Waals surface area contributed by atoms with Crippen molar-refractivity contribution in [3.8, 4) is 0 Å². The molecule has 0 aromatic heterocycles. The van der Waals surface area contributed by atoms with Gasteiger partial charge < -0.3 is 5.32 Å². The molecule has 15 heavy (non-hydrogen) atoms. The average Bonchev–Trinajstić information content (AvgIpc) is 2.16. The molecule has 0 saturated carbocycles. The van der Waals surface area contributed by atoms with Crippen molar-refractivity contribution in [1.82, 2.24) is 5.32 Å². The van der Waals surface area contributed by atoms with E-state index >= 15 is 0 Å². The van der Waals surface area contributed by atoms with Crippen LogP contribution in [0.3, 0.4) is 0 Å². The first-order chi connectivity index (χ1) is 7.16. The standard InChI is InChI=1S/C13H18FN/c1-9(2)15-13-5-3-4-10-8-11(14)6-7-12(10)13/h6-9,13,15H,3-5H2,1-2H3/t13-/m1/s1. The van der Waals surface area contributed by atoms with Crippen molar-refractivity contribution >= 4 is 0 Å². The molecule has 0 bridgehead atoms. The Bertz CT molecular complexity index is 346. The van der Waals surface area contributed by atoms with Crippen molar-refractivity contribution in [2.24, 2.45) is 0 Å². The maximum absolute atomic E-state index is 13.1. The molecule has 0 amide bonds. The van der Waals surface area contributed by atoms with Crippen molar-refractivity contribution < 1.29 is 4.39 Å². The molecule has 1 aliphatic carbocycles. The molecule has 82 valence electrons. The van der Waals surface area contributed by atoms with Crippen LogP contribution < -0.4 is 5.32 Å². The summed E-state index contributed by atoms with van der Waals surface area (Å²) < 4.78 is 13.1. The number of halogens is 1. The number of nitrogens with one attached hydrogen (secondary N) is 1. The molecular weight excluding hydrogens is 189 g/mol. The lowest BCUT2D eigenvalue weighted by Crippen LogP contribution is -2.30. The van der Waals surface area contributed by atoms with Crippen LogP contribution in [0.25, 0.3) is 0 Å². The normalized spacial score (nSPS) is 20.4. The zero-order valence-electron chi connectivity index (χ0n) is 9.39. The predicted molar refractivity (Wildman–Crippen MR) is 60.4 cm³/mol. The van der Waals surface area contributed by atoms with Crippen LogP contribution in [-0.2, 0) is 6.42 Å². The van der Waals surface area contributed by atoms with E-state index in [9.17, 15) is 4.39 Å². The van der Waals surface area contributed by atoms with E-state index in [1.807, 2.05) is 6.07 Å². The van der Waals surface area contributed by atoms with Gasteiger partial charge in [0.25, 0.3) is 0 Å². The highest BCUT2D eigenvalue weighted by Crippen LogP contribution is 2.30. The molecule has 2 rings (SSSR count). The zero-order valence-corrected chi connectivity index (χ0v) is 9.39. The summed E-state index contributed by atoms with van der Waals surface area (Å²) in [6, 6.07) is 6.08. The van der Waals surface area contributed by atoms with Gasteiger partial charge in [-0.15, -0.1) is 0 Å². The van der Waals surface area contributed by atoms with Crippen molar-refractivity contribution in [3.63, 3.8) is 0 Å². The monoisotopic (exact) mass is 207 g/mol. The smallest absolute Gasteiger partial charge is 0.123 e.